The highest BCUT2D eigenvalue weighted by molar-refractivity contribution is 14.1. The maximum atomic E-state index is 2.94. The summed E-state index contributed by atoms with van der Waals surface area (Å²) in [4.78, 5) is 1.14. The lowest BCUT2D eigenvalue weighted by Crippen LogP contribution is -1.52. The fraction of sp³-hybridized carbons (Fsp3) is 0. The van der Waals surface area contributed by atoms with E-state index in [4.69, 9.17) is 0 Å². The molecule has 8 heavy (non-hydrogen) atoms. The topological polar surface area (TPSA) is 0 Å². The van der Waals surface area contributed by atoms with Crippen LogP contribution in [-0.4, -0.2) is 0 Å². The molecule has 1 rings (SSSR count). The van der Waals surface area contributed by atoms with Gasteiger partial charge in [-0.2, -0.15) is 0 Å². The molecule has 0 radical (unpaired) electrons. The third-order valence-corrected chi connectivity index (χ3v) is 1.75. The molecular weight excluding hydrogens is 231 g/mol. The lowest BCUT2D eigenvalue weighted by molar-refractivity contribution is 1.95. The Labute approximate surface area is 66.1 Å². The molecule has 0 spiro atoms. The van der Waals surface area contributed by atoms with E-state index in [0.717, 1.165) is 4.88 Å². The van der Waals surface area contributed by atoms with Gasteiger partial charge < -0.3 is 0 Å². The van der Waals surface area contributed by atoms with E-state index in [1.54, 1.807) is 11.3 Å². The van der Waals surface area contributed by atoms with Crippen LogP contribution in [0.15, 0.2) is 17.5 Å². The van der Waals surface area contributed by atoms with E-state index in [1.807, 2.05) is 40.1 Å². The van der Waals surface area contributed by atoms with Crippen LogP contribution in [0, 0.1) is 9.85 Å². The van der Waals surface area contributed by atoms with Crippen LogP contribution in [0.25, 0.3) is 0 Å². The fourth-order valence-corrected chi connectivity index (χ4v) is 1.44. The van der Waals surface area contributed by atoms with E-state index >= 15 is 0 Å². The van der Waals surface area contributed by atoms with Gasteiger partial charge in [0.15, 0.2) is 0 Å². The van der Waals surface area contributed by atoms with Crippen molar-refractivity contribution in [1.29, 1.82) is 0 Å². The molecule has 2 heteroatoms. The average Bonchev–Trinajstić information content (AvgIpc) is 2.19. The molecule has 0 nitrogen and oxygen atoms in total. The van der Waals surface area contributed by atoms with Crippen molar-refractivity contribution < 1.29 is 0 Å². The third kappa shape index (κ3) is 1.49. The molecule has 1 aromatic rings. The van der Waals surface area contributed by atoms with Crippen LogP contribution in [0.4, 0.5) is 0 Å². The Morgan fingerprint density at radius 3 is 3.00 bits per heavy atom. The first-order chi connectivity index (χ1) is 3.93. The summed E-state index contributed by atoms with van der Waals surface area (Å²) >= 11 is 3.70. The van der Waals surface area contributed by atoms with Crippen LogP contribution in [0.5, 0.6) is 0 Å². The van der Waals surface area contributed by atoms with Gasteiger partial charge in [-0.1, -0.05) is 6.07 Å². The van der Waals surface area contributed by atoms with Gasteiger partial charge in [0.1, 0.15) is 0 Å². The number of thiophene rings is 1. The van der Waals surface area contributed by atoms with Gasteiger partial charge in [-0.15, -0.1) is 11.3 Å². The summed E-state index contributed by atoms with van der Waals surface area (Å²) in [5.74, 6) is 2.94. The van der Waals surface area contributed by atoms with E-state index in [0.29, 0.717) is 0 Å². The molecule has 40 valence electrons. The van der Waals surface area contributed by atoms with Crippen molar-refractivity contribution in [2.24, 2.45) is 0 Å². The van der Waals surface area contributed by atoms with Crippen molar-refractivity contribution in [3.05, 3.63) is 22.4 Å². The van der Waals surface area contributed by atoms with E-state index in [9.17, 15) is 0 Å². The zero-order chi connectivity index (χ0) is 5.82. The van der Waals surface area contributed by atoms with E-state index in [2.05, 4.69) is 9.85 Å². The zero-order valence-electron chi connectivity index (χ0n) is 4.02. The van der Waals surface area contributed by atoms with E-state index in [-0.39, 0.29) is 0 Å². The average molecular weight is 234 g/mol. The second-order valence-corrected chi connectivity index (χ2v) is 2.68. The van der Waals surface area contributed by atoms with Crippen LogP contribution in [-0.2, 0) is 0 Å². The molecule has 0 unspecified atom stereocenters. The molecule has 0 saturated heterocycles. The van der Waals surface area contributed by atoms with Gasteiger partial charge >= 0.3 is 0 Å². The monoisotopic (exact) mass is 234 g/mol. The first kappa shape index (κ1) is 6.12. The van der Waals surface area contributed by atoms with Crippen molar-refractivity contribution in [3.8, 4) is 9.85 Å². The van der Waals surface area contributed by atoms with Crippen LogP contribution in [0.3, 0.4) is 0 Å². The summed E-state index contributed by atoms with van der Waals surface area (Å²) in [7, 11) is 0. The predicted octanol–water partition coefficient (Wildman–Crippen LogP) is 2.49. The summed E-state index contributed by atoms with van der Waals surface area (Å²) in [6.07, 6.45) is 0. The Morgan fingerprint density at radius 2 is 2.50 bits per heavy atom. The number of halogens is 1. The minimum absolute atomic E-state index is 1.14. The van der Waals surface area contributed by atoms with Gasteiger partial charge in [0.05, 0.1) is 4.88 Å². The van der Waals surface area contributed by atoms with Crippen molar-refractivity contribution in [2.45, 2.75) is 0 Å². The summed E-state index contributed by atoms with van der Waals surface area (Å²) < 4.78 is 2.80. The smallest absolute Gasteiger partial charge is 0.0776 e. The number of rotatable bonds is 0. The normalized spacial score (nSPS) is 7.62. The number of hydrogen-bond donors (Lipinski definition) is 0. The van der Waals surface area contributed by atoms with Crippen LogP contribution < -0.4 is 0 Å². The van der Waals surface area contributed by atoms with Crippen molar-refractivity contribution in [1.82, 2.24) is 0 Å². The minimum Gasteiger partial charge on any atom is -0.135 e. The van der Waals surface area contributed by atoms with E-state index in [1.165, 1.54) is 0 Å². The highest BCUT2D eigenvalue weighted by Crippen LogP contribution is 2.05. The molecule has 0 atom stereocenters. The second kappa shape index (κ2) is 3.10. The quantitative estimate of drug-likeness (QED) is 0.478. The lowest BCUT2D eigenvalue weighted by atomic mass is 10.5. The molecule has 0 aliphatic rings. The SMILES string of the molecule is IC#Cc1cccs1. The Balaban J connectivity index is 2.88. The zero-order valence-corrected chi connectivity index (χ0v) is 6.99. The summed E-state index contributed by atoms with van der Waals surface area (Å²) in [6, 6.07) is 4.01. The van der Waals surface area contributed by atoms with Crippen molar-refractivity contribution in [2.75, 3.05) is 0 Å². The molecular formula is C6H3IS. The maximum Gasteiger partial charge on any atom is 0.0776 e. The molecule has 0 saturated carbocycles. The van der Waals surface area contributed by atoms with Gasteiger partial charge in [0.25, 0.3) is 0 Å². The molecule has 0 aromatic carbocycles. The van der Waals surface area contributed by atoms with Gasteiger partial charge in [0.2, 0.25) is 0 Å². The highest BCUT2D eigenvalue weighted by atomic mass is 127. The molecule has 1 aromatic heterocycles. The number of hydrogen-bond acceptors (Lipinski definition) is 1. The van der Waals surface area contributed by atoms with Crippen LogP contribution >= 0.6 is 33.9 Å². The van der Waals surface area contributed by atoms with Gasteiger partial charge in [0, 0.05) is 22.6 Å². The van der Waals surface area contributed by atoms with Crippen molar-refractivity contribution in [3.63, 3.8) is 0 Å². The van der Waals surface area contributed by atoms with Crippen LogP contribution in [0.2, 0.25) is 0 Å². The van der Waals surface area contributed by atoms with Crippen molar-refractivity contribution >= 4 is 33.9 Å². The standard InChI is InChI=1S/C6H3IS/c7-4-3-6-2-1-5-8-6/h1-2,5H. The maximum absolute atomic E-state index is 2.94. The third-order valence-electron chi connectivity index (χ3n) is 0.692. The Hall–Kier alpha value is -0.01000. The molecule has 0 N–H and O–H groups in total. The molecule has 1 heterocycles. The molecule has 0 aliphatic carbocycles. The lowest BCUT2D eigenvalue weighted by Gasteiger charge is -1.68. The van der Waals surface area contributed by atoms with Gasteiger partial charge in [-0.05, 0) is 21.3 Å². The van der Waals surface area contributed by atoms with Crippen LogP contribution in [0.1, 0.15) is 4.88 Å². The molecule has 0 fully saturated rings. The molecule has 0 amide bonds. The van der Waals surface area contributed by atoms with E-state index < -0.39 is 0 Å². The Kier molecular flexibility index (Phi) is 2.37. The summed E-state index contributed by atoms with van der Waals surface area (Å²) in [5, 5.41) is 2.02. The largest absolute Gasteiger partial charge is 0.135 e. The Bertz CT molecular complexity index is 202. The molecule has 0 aliphatic heterocycles. The summed E-state index contributed by atoms with van der Waals surface area (Å²) in [5.41, 5.74) is 0. The first-order valence-electron chi connectivity index (χ1n) is 2.08. The highest BCUT2D eigenvalue weighted by Gasteiger charge is 1.80. The first-order valence-corrected chi connectivity index (χ1v) is 4.04. The summed E-state index contributed by atoms with van der Waals surface area (Å²) in [6.45, 7) is 0. The predicted molar refractivity (Wildman–Crippen MR) is 45.2 cm³/mol. The molecule has 0 bridgehead atoms. The van der Waals surface area contributed by atoms with Gasteiger partial charge in [-0.25, -0.2) is 0 Å². The second-order valence-electron chi connectivity index (χ2n) is 1.20. The van der Waals surface area contributed by atoms with Gasteiger partial charge in [-0.3, -0.25) is 0 Å². The minimum atomic E-state index is 1.14. The Morgan fingerprint density at radius 1 is 1.62 bits per heavy atom. The fourth-order valence-electron chi connectivity index (χ4n) is 0.396.